The van der Waals surface area contributed by atoms with E-state index >= 15 is 0 Å². The van der Waals surface area contributed by atoms with Crippen molar-refractivity contribution >= 4 is 11.6 Å². The van der Waals surface area contributed by atoms with Crippen LogP contribution in [0.25, 0.3) is 0 Å². The van der Waals surface area contributed by atoms with Crippen molar-refractivity contribution in [3.8, 4) is 0 Å². The van der Waals surface area contributed by atoms with Gasteiger partial charge in [0.2, 0.25) is 5.91 Å². The fourth-order valence-corrected chi connectivity index (χ4v) is 4.46. The minimum atomic E-state index is 0.258. The maximum absolute atomic E-state index is 12.9. The van der Waals surface area contributed by atoms with Crippen molar-refractivity contribution < 1.29 is 4.79 Å². The minimum Gasteiger partial charge on any atom is -0.368 e. The van der Waals surface area contributed by atoms with Gasteiger partial charge >= 0.3 is 0 Å². The van der Waals surface area contributed by atoms with Crippen molar-refractivity contribution in [3.63, 3.8) is 0 Å². The normalized spacial score (nSPS) is 19.9. The quantitative estimate of drug-likeness (QED) is 0.834. The number of benzene rings is 2. The summed E-state index contributed by atoms with van der Waals surface area (Å²) in [6.45, 7) is 3.94. The van der Waals surface area contributed by atoms with Crippen molar-refractivity contribution in [3.05, 3.63) is 65.7 Å². The van der Waals surface area contributed by atoms with Gasteiger partial charge in [0.15, 0.2) is 0 Å². The molecule has 1 fully saturated rings. The van der Waals surface area contributed by atoms with Gasteiger partial charge in [-0.05, 0) is 49.6 Å². The van der Waals surface area contributed by atoms with Crippen LogP contribution >= 0.6 is 0 Å². The molecule has 1 heterocycles. The maximum atomic E-state index is 12.9. The number of para-hydroxylation sites is 1. The summed E-state index contributed by atoms with van der Waals surface area (Å²) in [6, 6.07) is 19.6. The topological polar surface area (TPSA) is 26.8 Å². The number of aryl methyl sites for hydroxylation is 1. The van der Waals surface area contributed by atoms with E-state index in [1.54, 1.807) is 0 Å². The van der Waals surface area contributed by atoms with E-state index in [1.807, 2.05) is 11.0 Å². The summed E-state index contributed by atoms with van der Waals surface area (Å²) in [5, 5.41) is 0. The molecule has 0 radical (unpaired) electrons. The largest absolute Gasteiger partial charge is 0.368 e. The number of nitrogens with zero attached hydrogens (tertiary/aromatic N) is 3. The number of anilines is 1. The van der Waals surface area contributed by atoms with Crippen LogP contribution in [0.1, 0.15) is 30.0 Å². The van der Waals surface area contributed by atoms with E-state index in [0.29, 0.717) is 12.6 Å². The molecule has 0 aromatic heterocycles. The lowest BCUT2D eigenvalue weighted by Gasteiger charge is -2.38. The lowest BCUT2D eigenvalue weighted by Crippen LogP contribution is -2.51. The molecule has 0 bridgehead atoms. The number of piperazine rings is 1. The first-order valence-electron chi connectivity index (χ1n) is 10.1. The van der Waals surface area contributed by atoms with Crippen molar-refractivity contribution in [2.24, 2.45) is 0 Å². The van der Waals surface area contributed by atoms with Crippen LogP contribution in [0.15, 0.2) is 54.6 Å². The van der Waals surface area contributed by atoms with Gasteiger partial charge in [-0.3, -0.25) is 9.69 Å². The van der Waals surface area contributed by atoms with Gasteiger partial charge in [0.05, 0.1) is 6.54 Å². The van der Waals surface area contributed by atoms with E-state index in [0.717, 1.165) is 39.0 Å². The highest BCUT2D eigenvalue weighted by Crippen LogP contribution is 2.33. The van der Waals surface area contributed by atoms with Crippen LogP contribution in [0.4, 0.5) is 5.69 Å². The summed E-state index contributed by atoms with van der Waals surface area (Å²) in [4.78, 5) is 19.5. The van der Waals surface area contributed by atoms with E-state index in [2.05, 4.69) is 65.4 Å². The molecule has 0 spiro atoms. The molecule has 2 aromatic carbocycles. The van der Waals surface area contributed by atoms with E-state index in [9.17, 15) is 4.79 Å². The van der Waals surface area contributed by atoms with Gasteiger partial charge in [-0.25, -0.2) is 0 Å². The fraction of sp³-hybridized carbons (Fsp3) is 0.435. The van der Waals surface area contributed by atoms with Crippen LogP contribution in [0.3, 0.4) is 0 Å². The number of hydrogen-bond donors (Lipinski definition) is 0. The Labute approximate surface area is 162 Å². The summed E-state index contributed by atoms with van der Waals surface area (Å²) < 4.78 is 0. The number of likely N-dealkylation sites (N-methyl/N-ethyl adjacent to an activating group) is 1. The second-order valence-electron chi connectivity index (χ2n) is 7.73. The highest BCUT2D eigenvalue weighted by Gasteiger charge is 2.27. The van der Waals surface area contributed by atoms with E-state index in [1.165, 1.54) is 23.2 Å². The molecule has 1 atom stereocenters. The predicted molar refractivity (Wildman–Crippen MR) is 110 cm³/mol. The average Bonchev–Trinajstić information content (AvgIpc) is 2.74. The number of hydrogen-bond acceptors (Lipinski definition) is 3. The van der Waals surface area contributed by atoms with Gasteiger partial charge in [0.1, 0.15) is 0 Å². The maximum Gasteiger partial charge on any atom is 0.236 e. The van der Waals surface area contributed by atoms with E-state index < -0.39 is 0 Å². The lowest BCUT2D eigenvalue weighted by molar-refractivity contribution is -0.133. The standard InChI is InChI=1S/C23H29N3O/c1-24(22-13-7-9-19-8-5-6-12-21(19)22)18-23(27)26-16-14-25(15-17-26)20-10-3-2-4-11-20/h2-6,8,10-12,22H,7,9,13-18H2,1H3/t22-/m1/s1. The summed E-state index contributed by atoms with van der Waals surface area (Å²) >= 11 is 0. The SMILES string of the molecule is CN(CC(=O)N1CCN(c2ccccc2)CC1)[C@@H]1CCCc2ccccc21. The Balaban J connectivity index is 1.34. The number of carbonyl (C=O) groups excluding carboxylic acids is 1. The zero-order valence-electron chi connectivity index (χ0n) is 16.2. The smallest absolute Gasteiger partial charge is 0.236 e. The highest BCUT2D eigenvalue weighted by atomic mass is 16.2. The van der Waals surface area contributed by atoms with Crippen LogP contribution in [-0.2, 0) is 11.2 Å². The third kappa shape index (κ3) is 4.01. The molecule has 1 aliphatic carbocycles. The summed E-state index contributed by atoms with van der Waals surface area (Å²) in [6.07, 6.45) is 3.51. The molecule has 142 valence electrons. The predicted octanol–water partition coefficient (Wildman–Crippen LogP) is 3.34. The van der Waals surface area contributed by atoms with Crippen LogP contribution in [-0.4, -0.2) is 55.5 Å². The van der Waals surface area contributed by atoms with Crippen molar-refractivity contribution in [2.75, 3.05) is 44.7 Å². The molecule has 4 nitrogen and oxygen atoms in total. The van der Waals surface area contributed by atoms with Gasteiger partial charge in [0.25, 0.3) is 0 Å². The Hall–Kier alpha value is -2.33. The molecule has 27 heavy (non-hydrogen) atoms. The Morgan fingerprint density at radius 2 is 1.70 bits per heavy atom. The van der Waals surface area contributed by atoms with E-state index in [-0.39, 0.29) is 5.91 Å². The Morgan fingerprint density at radius 3 is 2.48 bits per heavy atom. The highest BCUT2D eigenvalue weighted by molar-refractivity contribution is 5.78. The summed E-state index contributed by atoms with van der Waals surface area (Å²) in [7, 11) is 2.10. The van der Waals surface area contributed by atoms with Crippen molar-refractivity contribution in [1.29, 1.82) is 0 Å². The molecule has 1 saturated heterocycles. The number of amides is 1. The van der Waals surface area contributed by atoms with Gasteiger partial charge in [0, 0.05) is 37.9 Å². The van der Waals surface area contributed by atoms with E-state index in [4.69, 9.17) is 0 Å². The zero-order chi connectivity index (χ0) is 18.6. The zero-order valence-corrected chi connectivity index (χ0v) is 16.2. The molecule has 4 rings (SSSR count). The number of fused-ring (bicyclic) bond motifs is 1. The molecule has 0 N–H and O–H groups in total. The fourth-order valence-electron chi connectivity index (χ4n) is 4.46. The Morgan fingerprint density at radius 1 is 1.00 bits per heavy atom. The average molecular weight is 364 g/mol. The van der Waals surface area contributed by atoms with Crippen molar-refractivity contribution in [1.82, 2.24) is 9.80 Å². The molecule has 2 aliphatic rings. The molecule has 4 heteroatoms. The molecule has 0 saturated carbocycles. The van der Waals surface area contributed by atoms with Crippen LogP contribution in [0.5, 0.6) is 0 Å². The third-order valence-corrected chi connectivity index (χ3v) is 6.01. The number of rotatable bonds is 4. The number of carbonyl (C=O) groups is 1. The van der Waals surface area contributed by atoms with Gasteiger partial charge in [-0.2, -0.15) is 0 Å². The van der Waals surface area contributed by atoms with Crippen LogP contribution < -0.4 is 4.90 Å². The van der Waals surface area contributed by atoms with Crippen LogP contribution in [0.2, 0.25) is 0 Å². The first-order chi connectivity index (χ1) is 13.2. The molecule has 0 unspecified atom stereocenters. The molecular formula is C23H29N3O. The second-order valence-corrected chi connectivity index (χ2v) is 7.73. The monoisotopic (exact) mass is 363 g/mol. The van der Waals surface area contributed by atoms with Gasteiger partial charge in [-0.1, -0.05) is 42.5 Å². The van der Waals surface area contributed by atoms with Gasteiger partial charge in [-0.15, -0.1) is 0 Å². The molecule has 1 amide bonds. The molecular weight excluding hydrogens is 334 g/mol. The second kappa shape index (κ2) is 8.13. The lowest BCUT2D eigenvalue weighted by atomic mass is 9.87. The third-order valence-electron chi connectivity index (χ3n) is 6.01. The van der Waals surface area contributed by atoms with Crippen LogP contribution in [0, 0.1) is 0 Å². The van der Waals surface area contributed by atoms with Crippen molar-refractivity contribution in [2.45, 2.75) is 25.3 Å². The first kappa shape index (κ1) is 18.1. The Kier molecular flexibility index (Phi) is 5.44. The first-order valence-corrected chi connectivity index (χ1v) is 10.1. The molecule has 1 aliphatic heterocycles. The minimum absolute atomic E-state index is 0.258. The Bertz CT molecular complexity index is 768. The summed E-state index contributed by atoms with van der Waals surface area (Å²) in [5.74, 6) is 0.258. The molecule has 2 aromatic rings. The summed E-state index contributed by atoms with van der Waals surface area (Å²) in [5.41, 5.74) is 4.11. The van der Waals surface area contributed by atoms with Gasteiger partial charge < -0.3 is 9.80 Å².